The zero-order valence-electron chi connectivity index (χ0n) is 13.0. The Morgan fingerprint density at radius 3 is 2.48 bits per heavy atom. The molecule has 0 aromatic heterocycles. The van der Waals surface area contributed by atoms with E-state index in [-0.39, 0.29) is 23.8 Å². The van der Waals surface area contributed by atoms with E-state index in [1.165, 1.54) is 6.42 Å². The van der Waals surface area contributed by atoms with Crippen LogP contribution in [0, 0.1) is 11.8 Å². The monoisotopic (exact) mass is 296 g/mol. The predicted octanol–water partition coefficient (Wildman–Crippen LogP) is 1.87. The van der Waals surface area contributed by atoms with Gasteiger partial charge in [0.2, 0.25) is 5.91 Å². The number of likely N-dealkylation sites (tertiary alicyclic amines) is 1. The van der Waals surface area contributed by atoms with Gasteiger partial charge in [-0.25, -0.2) is 0 Å². The van der Waals surface area contributed by atoms with Crippen molar-refractivity contribution < 1.29 is 14.7 Å². The van der Waals surface area contributed by atoms with Gasteiger partial charge in [0, 0.05) is 13.1 Å². The lowest BCUT2D eigenvalue weighted by atomic mass is 9.79. The lowest BCUT2D eigenvalue weighted by Crippen LogP contribution is -2.48. The number of amides is 1. The first-order valence-electron chi connectivity index (χ1n) is 8.34. The van der Waals surface area contributed by atoms with Crippen LogP contribution in [0.15, 0.2) is 0 Å². The van der Waals surface area contributed by atoms with Gasteiger partial charge in [-0.1, -0.05) is 12.8 Å². The number of hydrogen-bond acceptors (Lipinski definition) is 3. The van der Waals surface area contributed by atoms with Gasteiger partial charge in [-0.2, -0.15) is 0 Å². The summed E-state index contributed by atoms with van der Waals surface area (Å²) in [5, 5.41) is 12.6. The number of carbonyl (C=O) groups excluding carboxylic acids is 1. The van der Waals surface area contributed by atoms with E-state index in [9.17, 15) is 14.7 Å². The largest absolute Gasteiger partial charge is 0.481 e. The Bertz CT molecular complexity index is 367. The van der Waals surface area contributed by atoms with Gasteiger partial charge in [0.1, 0.15) is 0 Å². The van der Waals surface area contributed by atoms with Crippen LogP contribution in [0.1, 0.15) is 51.9 Å². The molecule has 3 atom stereocenters. The molecular weight excluding hydrogens is 268 g/mol. The van der Waals surface area contributed by atoms with Crippen molar-refractivity contribution in [2.45, 2.75) is 57.9 Å². The number of carbonyl (C=O) groups is 2. The van der Waals surface area contributed by atoms with Crippen LogP contribution in [-0.4, -0.2) is 47.6 Å². The SMILES string of the molecule is CC(NCC1CCCCC1C(=O)O)C(=O)N1CCCCC1. The summed E-state index contributed by atoms with van der Waals surface area (Å²) in [6, 6.07) is -0.209. The highest BCUT2D eigenvalue weighted by molar-refractivity contribution is 5.81. The summed E-state index contributed by atoms with van der Waals surface area (Å²) < 4.78 is 0. The van der Waals surface area contributed by atoms with Crippen LogP contribution in [0.5, 0.6) is 0 Å². The van der Waals surface area contributed by atoms with Gasteiger partial charge in [0.15, 0.2) is 0 Å². The van der Waals surface area contributed by atoms with E-state index in [1.807, 2.05) is 11.8 Å². The molecule has 5 heteroatoms. The summed E-state index contributed by atoms with van der Waals surface area (Å²) in [6.07, 6.45) is 7.25. The topological polar surface area (TPSA) is 69.6 Å². The minimum atomic E-state index is -0.684. The van der Waals surface area contributed by atoms with E-state index < -0.39 is 5.97 Å². The summed E-state index contributed by atoms with van der Waals surface area (Å²) >= 11 is 0. The summed E-state index contributed by atoms with van der Waals surface area (Å²) in [7, 11) is 0. The highest BCUT2D eigenvalue weighted by Crippen LogP contribution is 2.29. The van der Waals surface area contributed by atoms with E-state index in [0.29, 0.717) is 6.54 Å². The Morgan fingerprint density at radius 2 is 1.81 bits per heavy atom. The van der Waals surface area contributed by atoms with Crippen LogP contribution in [0.3, 0.4) is 0 Å². The highest BCUT2D eigenvalue weighted by atomic mass is 16.4. The third kappa shape index (κ3) is 4.43. The first-order chi connectivity index (χ1) is 10.1. The van der Waals surface area contributed by atoms with Crippen LogP contribution < -0.4 is 5.32 Å². The lowest BCUT2D eigenvalue weighted by Gasteiger charge is -2.32. The fourth-order valence-electron chi connectivity index (χ4n) is 3.58. The summed E-state index contributed by atoms with van der Waals surface area (Å²) in [5.74, 6) is -0.606. The van der Waals surface area contributed by atoms with Crippen molar-refractivity contribution in [1.82, 2.24) is 10.2 Å². The number of rotatable bonds is 5. The molecule has 0 aromatic rings. The minimum absolute atomic E-state index is 0.160. The maximum absolute atomic E-state index is 12.3. The quantitative estimate of drug-likeness (QED) is 0.812. The molecular formula is C16H28N2O3. The van der Waals surface area contributed by atoms with Crippen molar-refractivity contribution in [3.05, 3.63) is 0 Å². The second kappa shape index (κ2) is 7.78. The molecule has 2 fully saturated rings. The molecule has 1 aliphatic heterocycles. The van der Waals surface area contributed by atoms with E-state index >= 15 is 0 Å². The van der Waals surface area contributed by atoms with Gasteiger partial charge in [-0.15, -0.1) is 0 Å². The van der Waals surface area contributed by atoms with E-state index in [1.54, 1.807) is 0 Å². The molecule has 0 spiro atoms. The minimum Gasteiger partial charge on any atom is -0.481 e. The summed E-state index contributed by atoms with van der Waals surface area (Å²) in [5.41, 5.74) is 0. The average Bonchev–Trinajstić information content (AvgIpc) is 2.52. The average molecular weight is 296 g/mol. The van der Waals surface area contributed by atoms with Crippen LogP contribution in [0.4, 0.5) is 0 Å². The maximum atomic E-state index is 12.3. The van der Waals surface area contributed by atoms with E-state index in [2.05, 4.69) is 5.32 Å². The summed E-state index contributed by atoms with van der Waals surface area (Å²) in [6.45, 7) is 4.27. The number of hydrogen-bond donors (Lipinski definition) is 2. The predicted molar refractivity (Wildman–Crippen MR) is 81.0 cm³/mol. The van der Waals surface area contributed by atoms with E-state index in [4.69, 9.17) is 0 Å². The van der Waals surface area contributed by atoms with Crippen molar-refractivity contribution >= 4 is 11.9 Å². The van der Waals surface area contributed by atoms with Gasteiger partial charge >= 0.3 is 5.97 Å². The van der Waals surface area contributed by atoms with Crippen LogP contribution >= 0.6 is 0 Å². The molecule has 5 nitrogen and oxygen atoms in total. The third-order valence-electron chi connectivity index (χ3n) is 4.95. The van der Waals surface area contributed by atoms with Crippen molar-refractivity contribution in [2.24, 2.45) is 11.8 Å². The number of nitrogens with zero attached hydrogens (tertiary/aromatic N) is 1. The Hall–Kier alpha value is -1.10. The number of nitrogens with one attached hydrogen (secondary N) is 1. The molecule has 2 aliphatic rings. The van der Waals surface area contributed by atoms with Crippen LogP contribution in [0.25, 0.3) is 0 Å². The molecule has 21 heavy (non-hydrogen) atoms. The standard InChI is InChI=1S/C16H28N2O3/c1-12(15(19)18-9-5-2-6-10-18)17-11-13-7-3-4-8-14(13)16(20)21/h12-14,17H,2-11H2,1H3,(H,20,21). The van der Waals surface area contributed by atoms with Crippen molar-refractivity contribution in [1.29, 1.82) is 0 Å². The third-order valence-corrected chi connectivity index (χ3v) is 4.95. The van der Waals surface area contributed by atoms with Gasteiger partial charge in [-0.05, 0) is 51.5 Å². The maximum Gasteiger partial charge on any atom is 0.306 e. The molecule has 2 rings (SSSR count). The normalized spacial score (nSPS) is 28.1. The van der Waals surface area contributed by atoms with Crippen molar-refractivity contribution in [3.63, 3.8) is 0 Å². The Morgan fingerprint density at radius 1 is 1.14 bits per heavy atom. The number of piperidine rings is 1. The first-order valence-corrected chi connectivity index (χ1v) is 8.34. The van der Waals surface area contributed by atoms with Crippen LogP contribution in [-0.2, 0) is 9.59 Å². The van der Waals surface area contributed by atoms with Crippen molar-refractivity contribution in [3.8, 4) is 0 Å². The lowest BCUT2D eigenvalue weighted by molar-refractivity contribution is -0.144. The van der Waals surface area contributed by atoms with Gasteiger partial charge in [-0.3, -0.25) is 9.59 Å². The summed E-state index contributed by atoms with van der Waals surface area (Å²) in [4.78, 5) is 25.6. The molecule has 0 aromatic carbocycles. The second-order valence-electron chi connectivity index (χ2n) is 6.51. The Labute approximate surface area is 127 Å². The molecule has 3 unspecified atom stereocenters. The smallest absolute Gasteiger partial charge is 0.306 e. The number of carboxylic acids is 1. The van der Waals surface area contributed by atoms with E-state index in [0.717, 1.165) is 51.6 Å². The second-order valence-corrected chi connectivity index (χ2v) is 6.51. The fraction of sp³-hybridized carbons (Fsp3) is 0.875. The molecule has 2 N–H and O–H groups in total. The van der Waals surface area contributed by atoms with Crippen molar-refractivity contribution in [2.75, 3.05) is 19.6 Å². The molecule has 1 saturated carbocycles. The molecule has 1 heterocycles. The van der Waals surface area contributed by atoms with Gasteiger partial charge < -0.3 is 15.3 Å². The molecule has 1 aliphatic carbocycles. The molecule has 1 saturated heterocycles. The molecule has 0 radical (unpaired) electrons. The first kappa shape index (κ1) is 16.3. The zero-order chi connectivity index (χ0) is 15.2. The van der Waals surface area contributed by atoms with Crippen LogP contribution in [0.2, 0.25) is 0 Å². The Balaban J connectivity index is 1.80. The van der Waals surface area contributed by atoms with Gasteiger partial charge in [0.25, 0.3) is 0 Å². The fourth-order valence-corrected chi connectivity index (χ4v) is 3.58. The molecule has 1 amide bonds. The highest BCUT2D eigenvalue weighted by Gasteiger charge is 2.31. The number of carboxylic acid groups (broad SMARTS) is 1. The molecule has 120 valence electrons. The van der Waals surface area contributed by atoms with Gasteiger partial charge in [0.05, 0.1) is 12.0 Å². The molecule has 0 bridgehead atoms. The zero-order valence-corrected chi connectivity index (χ0v) is 13.0. The number of aliphatic carboxylic acids is 1. The Kier molecular flexibility index (Phi) is 6.03.